The third-order valence-corrected chi connectivity index (χ3v) is 4.35. The quantitative estimate of drug-likeness (QED) is 0.897. The van der Waals surface area contributed by atoms with Gasteiger partial charge in [0.2, 0.25) is 0 Å². The van der Waals surface area contributed by atoms with E-state index >= 15 is 0 Å². The minimum Gasteiger partial charge on any atom is -0.249 e. The molecule has 96 valence electrons. The Morgan fingerprint density at radius 1 is 1.29 bits per heavy atom. The molecule has 0 saturated carbocycles. The minimum absolute atomic E-state index is 0.175. The lowest BCUT2D eigenvalue weighted by atomic mass is 9.98. The summed E-state index contributed by atoms with van der Waals surface area (Å²) < 4.78 is 0. The number of hydrazine groups is 1. The van der Waals surface area contributed by atoms with E-state index in [4.69, 9.17) is 4.98 Å². The molecule has 0 amide bonds. The Morgan fingerprint density at radius 3 is 2.59 bits per heavy atom. The van der Waals surface area contributed by atoms with Crippen LogP contribution in [-0.2, 0) is 12.0 Å². The molecule has 0 radical (unpaired) electrons. The van der Waals surface area contributed by atoms with Crippen molar-refractivity contribution in [1.29, 1.82) is 0 Å². The summed E-state index contributed by atoms with van der Waals surface area (Å²) in [5.41, 5.74) is 4.83. The molecule has 1 fully saturated rings. The van der Waals surface area contributed by atoms with Crippen molar-refractivity contribution in [2.24, 2.45) is 0 Å². The summed E-state index contributed by atoms with van der Waals surface area (Å²) in [6, 6.07) is 0. The Labute approximate surface area is 108 Å². The number of nitrogens with one attached hydrogen (secondary N) is 1. The van der Waals surface area contributed by atoms with Crippen LogP contribution in [0.25, 0.3) is 0 Å². The van der Waals surface area contributed by atoms with Gasteiger partial charge in [0, 0.05) is 23.9 Å². The van der Waals surface area contributed by atoms with Crippen molar-refractivity contribution in [3.05, 3.63) is 16.1 Å². The van der Waals surface area contributed by atoms with Gasteiger partial charge in [0.25, 0.3) is 0 Å². The van der Waals surface area contributed by atoms with Crippen molar-refractivity contribution in [3.8, 4) is 0 Å². The van der Waals surface area contributed by atoms with Gasteiger partial charge in [-0.15, -0.1) is 11.3 Å². The Morgan fingerprint density at radius 2 is 2.00 bits per heavy atom. The number of nitrogens with zero attached hydrogens (tertiary/aromatic N) is 2. The Hall–Kier alpha value is -0.450. The van der Waals surface area contributed by atoms with Crippen LogP contribution >= 0.6 is 11.3 Å². The zero-order chi connectivity index (χ0) is 12.3. The summed E-state index contributed by atoms with van der Waals surface area (Å²) in [6.45, 7) is 9.87. The molecule has 1 aromatic heterocycles. The minimum atomic E-state index is 0.175. The van der Waals surface area contributed by atoms with E-state index in [1.165, 1.54) is 43.1 Å². The van der Waals surface area contributed by atoms with E-state index in [-0.39, 0.29) is 5.41 Å². The van der Waals surface area contributed by atoms with Gasteiger partial charge in [-0.3, -0.25) is 0 Å². The van der Waals surface area contributed by atoms with Crippen LogP contribution in [0.2, 0.25) is 0 Å². The summed E-state index contributed by atoms with van der Waals surface area (Å²) in [7, 11) is 0. The second-order valence-electron chi connectivity index (χ2n) is 5.78. The smallest absolute Gasteiger partial charge is 0.0982 e. The highest BCUT2D eigenvalue weighted by molar-refractivity contribution is 7.09. The number of aromatic nitrogens is 1. The lowest BCUT2D eigenvalue weighted by Gasteiger charge is -2.26. The van der Waals surface area contributed by atoms with Crippen LogP contribution in [-0.4, -0.2) is 23.1 Å². The van der Waals surface area contributed by atoms with Gasteiger partial charge in [-0.2, -0.15) is 0 Å². The van der Waals surface area contributed by atoms with Crippen LogP contribution in [0.4, 0.5) is 0 Å². The van der Waals surface area contributed by atoms with Crippen molar-refractivity contribution in [1.82, 2.24) is 15.4 Å². The van der Waals surface area contributed by atoms with Gasteiger partial charge in [0.1, 0.15) is 0 Å². The van der Waals surface area contributed by atoms with Crippen LogP contribution in [0.5, 0.6) is 0 Å². The van der Waals surface area contributed by atoms with Crippen LogP contribution in [0.1, 0.15) is 50.7 Å². The molecule has 0 unspecified atom stereocenters. The van der Waals surface area contributed by atoms with Crippen LogP contribution in [0.3, 0.4) is 0 Å². The average Bonchev–Trinajstić information content (AvgIpc) is 2.76. The summed E-state index contributed by atoms with van der Waals surface area (Å²) in [4.78, 5) is 4.70. The number of rotatable bonds is 3. The van der Waals surface area contributed by atoms with Gasteiger partial charge in [0.05, 0.1) is 17.2 Å². The van der Waals surface area contributed by atoms with Crippen LogP contribution in [0.15, 0.2) is 5.38 Å². The zero-order valence-corrected chi connectivity index (χ0v) is 11.9. The maximum absolute atomic E-state index is 4.70. The van der Waals surface area contributed by atoms with Gasteiger partial charge >= 0.3 is 0 Å². The van der Waals surface area contributed by atoms with E-state index in [9.17, 15) is 0 Å². The molecule has 0 aliphatic carbocycles. The highest BCUT2D eigenvalue weighted by atomic mass is 32.1. The fourth-order valence-electron chi connectivity index (χ4n) is 1.98. The van der Waals surface area contributed by atoms with E-state index in [0.29, 0.717) is 0 Å². The standard InChI is InChI=1S/C13H23N3S/c1-13(2,3)12-15-11(10-17-12)9-14-16-7-5-4-6-8-16/h10,14H,4-9H2,1-3H3. The molecule has 4 heteroatoms. The van der Waals surface area contributed by atoms with Crippen molar-refractivity contribution in [2.45, 2.75) is 52.0 Å². The van der Waals surface area contributed by atoms with E-state index < -0.39 is 0 Å². The summed E-state index contributed by atoms with van der Waals surface area (Å²) in [5.74, 6) is 0. The Balaban J connectivity index is 1.84. The lowest BCUT2D eigenvalue weighted by molar-refractivity contribution is 0.150. The van der Waals surface area contributed by atoms with Gasteiger partial charge in [-0.05, 0) is 12.8 Å². The molecule has 2 rings (SSSR count). The molecule has 1 aliphatic rings. The molecule has 1 N–H and O–H groups in total. The van der Waals surface area contributed by atoms with Gasteiger partial charge in [-0.1, -0.05) is 27.2 Å². The normalized spacial score (nSPS) is 18.5. The molecule has 0 bridgehead atoms. The van der Waals surface area contributed by atoms with Crippen molar-refractivity contribution in [3.63, 3.8) is 0 Å². The molecule has 0 atom stereocenters. The van der Waals surface area contributed by atoms with Gasteiger partial charge < -0.3 is 0 Å². The molecule has 17 heavy (non-hydrogen) atoms. The summed E-state index contributed by atoms with van der Waals surface area (Å²) >= 11 is 1.77. The third kappa shape index (κ3) is 3.76. The second kappa shape index (κ2) is 5.46. The first-order chi connectivity index (χ1) is 8.05. The van der Waals surface area contributed by atoms with Crippen LogP contribution in [0, 0.1) is 0 Å². The van der Waals surface area contributed by atoms with Crippen molar-refractivity contribution in [2.75, 3.05) is 13.1 Å². The molecular weight excluding hydrogens is 230 g/mol. The van der Waals surface area contributed by atoms with Crippen LogP contribution < -0.4 is 5.43 Å². The fourth-order valence-corrected chi connectivity index (χ4v) is 2.88. The summed E-state index contributed by atoms with van der Waals surface area (Å²) in [5, 5.41) is 5.74. The third-order valence-electron chi connectivity index (χ3n) is 3.03. The van der Waals surface area contributed by atoms with E-state index in [0.717, 1.165) is 6.54 Å². The average molecular weight is 253 g/mol. The summed E-state index contributed by atoms with van der Waals surface area (Å²) in [6.07, 6.45) is 4.01. The van der Waals surface area contributed by atoms with Gasteiger partial charge in [0.15, 0.2) is 0 Å². The number of piperidine rings is 1. The molecule has 1 saturated heterocycles. The topological polar surface area (TPSA) is 28.2 Å². The predicted molar refractivity (Wildman–Crippen MR) is 73.1 cm³/mol. The van der Waals surface area contributed by atoms with Crippen molar-refractivity contribution < 1.29 is 0 Å². The highest BCUT2D eigenvalue weighted by Gasteiger charge is 2.18. The second-order valence-corrected chi connectivity index (χ2v) is 6.63. The molecular formula is C13H23N3S. The monoisotopic (exact) mass is 253 g/mol. The van der Waals surface area contributed by atoms with E-state index in [2.05, 4.69) is 36.6 Å². The predicted octanol–water partition coefficient (Wildman–Crippen LogP) is 2.93. The SMILES string of the molecule is CC(C)(C)c1nc(CNN2CCCCC2)cs1. The number of hydrogen-bond acceptors (Lipinski definition) is 4. The van der Waals surface area contributed by atoms with Gasteiger partial charge in [-0.25, -0.2) is 15.4 Å². The fraction of sp³-hybridized carbons (Fsp3) is 0.769. The van der Waals surface area contributed by atoms with E-state index in [1.54, 1.807) is 11.3 Å². The Kier molecular flexibility index (Phi) is 4.17. The maximum Gasteiger partial charge on any atom is 0.0982 e. The molecule has 0 spiro atoms. The highest BCUT2D eigenvalue weighted by Crippen LogP contribution is 2.25. The number of hydrogen-bond donors (Lipinski definition) is 1. The first-order valence-corrected chi connectivity index (χ1v) is 7.37. The number of thiazole rings is 1. The lowest BCUT2D eigenvalue weighted by Crippen LogP contribution is -2.41. The Bertz CT molecular complexity index is 348. The molecule has 1 aliphatic heterocycles. The molecule has 2 heterocycles. The first-order valence-electron chi connectivity index (χ1n) is 6.49. The van der Waals surface area contributed by atoms with E-state index in [1.807, 2.05) is 0 Å². The largest absolute Gasteiger partial charge is 0.249 e. The zero-order valence-electron chi connectivity index (χ0n) is 11.1. The van der Waals surface area contributed by atoms with Crippen molar-refractivity contribution >= 4 is 11.3 Å². The molecule has 3 nitrogen and oxygen atoms in total. The molecule has 1 aromatic rings. The first kappa shape index (κ1) is 13.0. The maximum atomic E-state index is 4.70. The molecule has 0 aromatic carbocycles.